The van der Waals surface area contributed by atoms with Crippen LogP contribution in [0, 0.1) is 11.8 Å². The molecule has 70 valence electrons. The van der Waals surface area contributed by atoms with Crippen molar-refractivity contribution in [3.8, 4) is 0 Å². The van der Waals surface area contributed by atoms with Crippen molar-refractivity contribution in [2.75, 3.05) is 13.1 Å². The number of hydrogen-bond donors (Lipinski definition) is 1. The number of fused-ring (bicyclic) bond motifs is 1. The van der Waals surface area contributed by atoms with Gasteiger partial charge in [-0.15, -0.1) is 0 Å². The van der Waals surface area contributed by atoms with Crippen molar-refractivity contribution in [2.24, 2.45) is 11.8 Å². The van der Waals surface area contributed by atoms with Gasteiger partial charge in [0.1, 0.15) is 0 Å². The second-order valence-electron chi connectivity index (χ2n) is 4.50. The van der Waals surface area contributed by atoms with Gasteiger partial charge >= 0.3 is 0 Å². The van der Waals surface area contributed by atoms with Crippen LogP contribution in [0.1, 0.15) is 44.9 Å². The summed E-state index contributed by atoms with van der Waals surface area (Å²) in [5.74, 6) is 2.28. The molecular weight excluding hydrogens is 146 g/mol. The lowest BCUT2D eigenvalue weighted by Gasteiger charge is -2.02. The van der Waals surface area contributed by atoms with E-state index < -0.39 is 0 Å². The molecule has 1 heterocycles. The van der Waals surface area contributed by atoms with Gasteiger partial charge < -0.3 is 5.32 Å². The average Bonchev–Trinajstić information content (AvgIpc) is 2.78. The standard InChI is InChI=1S/C11H21N/c1-3-7-12-8-4-2-6-11-9-10(11)5-1/h10-12H,1-9H2. The van der Waals surface area contributed by atoms with Crippen LogP contribution in [-0.4, -0.2) is 13.1 Å². The lowest BCUT2D eigenvalue weighted by molar-refractivity contribution is 0.564. The molecule has 1 N–H and O–H groups in total. The summed E-state index contributed by atoms with van der Waals surface area (Å²) in [4.78, 5) is 0. The zero-order valence-electron chi connectivity index (χ0n) is 8.02. The molecule has 12 heavy (non-hydrogen) atoms. The van der Waals surface area contributed by atoms with Crippen molar-refractivity contribution in [2.45, 2.75) is 44.9 Å². The van der Waals surface area contributed by atoms with Crippen molar-refractivity contribution in [1.82, 2.24) is 5.32 Å². The van der Waals surface area contributed by atoms with Crippen LogP contribution in [0.5, 0.6) is 0 Å². The Bertz CT molecular complexity index is 119. The van der Waals surface area contributed by atoms with E-state index in [1.54, 1.807) is 6.42 Å². The Balaban J connectivity index is 1.70. The van der Waals surface area contributed by atoms with Crippen molar-refractivity contribution < 1.29 is 0 Å². The zero-order chi connectivity index (χ0) is 8.23. The molecule has 0 aromatic rings. The fourth-order valence-corrected chi connectivity index (χ4v) is 2.46. The van der Waals surface area contributed by atoms with Crippen molar-refractivity contribution >= 4 is 0 Å². The molecule has 1 nitrogen and oxygen atoms in total. The third-order valence-corrected chi connectivity index (χ3v) is 3.43. The van der Waals surface area contributed by atoms with E-state index in [0.717, 1.165) is 11.8 Å². The largest absolute Gasteiger partial charge is 0.317 e. The van der Waals surface area contributed by atoms with E-state index in [1.807, 2.05) is 0 Å². The smallest absolute Gasteiger partial charge is 0.00489 e. The van der Waals surface area contributed by atoms with E-state index in [2.05, 4.69) is 5.32 Å². The highest BCUT2D eigenvalue weighted by molar-refractivity contribution is 4.86. The molecule has 0 aromatic heterocycles. The number of rotatable bonds is 0. The molecule has 0 radical (unpaired) electrons. The van der Waals surface area contributed by atoms with Crippen LogP contribution >= 0.6 is 0 Å². The Hall–Kier alpha value is -0.0400. The van der Waals surface area contributed by atoms with Gasteiger partial charge in [0.2, 0.25) is 0 Å². The highest BCUT2D eigenvalue weighted by atomic mass is 14.8. The maximum absolute atomic E-state index is 3.51. The Morgan fingerprint density at radius 3 is 1.92 bits per heavy atom. The predicted octanol–water partition coefficient (Wildman–Crippen LogP) is 2.57. The molecule has 0 bridgehead atoms. The Morgan fingerprint density at radius 1 is 0.750 bits per heavy atom. The summed E-state index contributed by atoms with van der Waals surface area (Å²) >= 11 is 0. The second-order valence-corrected chi connectivity index (χ2v) is 4.50. The fourth-order valence-electron chi connectivity index (χ4n) is 2.46. The summed E-state index contributed by atoms with van der Waals surface area (Å²) in [5.41, 5.74) is 0. The molecule has 1 heteroatoms. The fraction of sp³-hybridized carbons (Fsp3) is 1.00. The highest BCUT2D eigenvalue weighted by Crippen LogP contribution is 2.45. The molecule has 2 atom stereocenters. The first-order valence-corrected chi connectivity index (χ1v) is 5.67. The predicted molar refractivity (Wildman–Crippen MR) is 52.2 cm³/mol. The third-order valence-electron chi connectivity index (χ3n) is 3.43. The van der Waals surface area contributed by atoms with Crippen LogP contribution in [-0.2, 0) is 0 Å². The van der Waals surface area contributed by atoms with Gasteiger partial charge in [0.05, 0.1) is 0 Å². The first kappa shape index (κ1) is 8.55. The van der Waals surface area contributed by atoms with Gasteiger partial charge in [-0.05, 0) is 44.2 Å². The summed E-state index contributed by atoms with van der Waals surface area (Å²) < 4.78 is 0. The molecule has 1 aliphatic carbocycles. The third kappa shape index (κ3) is 2.48. The Morgan fingerprint density at radius 2 is 1.33 bits per heavy atom. The Labute approximate surface area is 75.9 Å². The van der Waals surface area contributed by atoms with E-state index in [0.29, 0.717) is 0 Å². The van der Waals surface area contributed by atoms with Gasteiger partial charge in [-0.1, -0.05) is 25.7 Å². The van der Waals surface area contributed by atoms with Crippen LogP contribution in [0.3, 0.4) is 0 Å². The van der Waals surface area contributed by atoms with E-state index in [-0.39, 0.29) is 0 Å². The first-order chi connectivity index (χ1) is 5.97. The zero-order valence-corrected chi connectivity index (χ0v) is 8.02. The summed E-state index contributed by atoms with van der Waals surface area (Å²) in [5, 5.41) is 3.51. The minimum Gasteiger partial charge on any atom is -0.317 e. The molecule has 0 amide bonds. The van der Waals surface area contributed by atoms with Crippen LogP contribution in [0.4, 0.5) is 0 Å². The van der Waals surface area contributed by atoms with Crippen molar-refractivity contribution in [3.05, 3.63) is 0 Å². The summed E-state index contributed by atoms with van der Waals surface area (Å²) in [6, 6.07) is 0. The average molecular weight is 167 g/mol. The van der Waals surface area contributed by atoms with Gasteiger partial charge in [-0.2, -0.15) is 0 Å². The molecular formula is C11H21N. The first-order valence-electron chi connectivity index (χ1n) is 5.67. The van der Waals surface area contributed by atoms with Gasteiger partial charge in [0.25, 0.3) is 0 Å². The van der Waals surface area contributed by atoms with Crippen LogP contribution in [0.25, 0.3) is 0 Å². The van der Waals surface area contributed by atoms with Crippen LogP contribution in [0.15, 0.2) is 0 Å². The van der Waals surface area contributed by atoms with Crippen molar-refractivity contribution in [1.29, 1.82) is 0 Å². The molecule has 0 aromatic carbocycles. The van der Waals surface area contributed by atoms with Gasteiger partial charge in [0.15, 0.2) is 0 Å². The lowest BCUT2D eigenvalue weighted by atomic mass is 10.1. The molecule has 0 spiro atoms. The topological polar surface area (TPSA) is 12.0 Å². The van der Waals surface area contributed by atoms with Crippen LogP contribution in [0.2, 0.25) is 0 Å². The lowest BCUT2D eigenvalue weighted by Crippen LogP contribution is -2.16. The SMILES string of the molecule is C1CCC2CC2CCCCNC1. The quantitative estimate of drug-likeness (QED) is 0.584. The summed E-state index contributed by atoms with van der Waals surface area (Å²) in [7, 11) is 0. The summed E-state index contributed by atoms with van der Waals surface area (Å²) in [6.45, 7) is 2.52. The molecule has 1 saturated heterocycles. The van der Waals surface area contributed by atoms with Gasteiger partial charge in [-0.3, -0.25) is 0 Å². The molecule has 2 fully saturated rings. The van der Waals surface area contributed by atoms with Crippen LogP contribution < -0.4 is 5.32 Å². The minimum absolute atomic E-state index is 1.14. The van der Waals surface area contributed by atoms with E-state index in [9.17, 15) is 0 Å². The number of nitrogens with one attached hydrogen (secondary N) is 1. The molecule has 1 aliphatic heterocycles. The van der Waals surface area contributed by atoms with E-state index in [1.165, 1.54) is 51.6 Å². The Kier molecular flexibility index (Phi) is 3.04. The number of hydrogen-bond acceptors (Lipinski definition) is 1. The van der Waals surface area contributed by atoms with Gasteiger partial charge in [-0.25, -0.2) is 0 Å². The molecule has 1 saturated carbocycles. The van der Waals surface area contributed by atoms with Crippen molar-refractivity contribution in [3.63, 3.8) is 0 Å². The second kappa shape index (κ2) is 4.27. The maximum Gasteiger partial charge on any atom is -0.00489 e. The van der Waals surface area contributed by atoms with Gasteiger partial charge in [0, 0.05) is 0 Å². The molecule has 2 aliphatic rings. The van der Waals surface area contributed by atoms with E-state index in [4.69, 9.17) is 0 Å². The monoisotopic (exact) mass is 167 g/mol. The minimum atomic E-state index is 1.14. The normalized spacial score (nSPS) is 38.0. The maximum atomic E-state index is 3.51. The highest BCUT2D eigenvalue weighted by Gasteiger charge is 2.35. The summed E-state index contributed by atoms with van der Waals surface area (Å²) in [6.07, 6.45) is 10.3. The molecule has 2 unspecified atom stereocenters. The van der Waals surface area contributed by atoms with E-state index >= 15 is 0 Å². The molecule has 2 rings (SSSR count).